The van der Waals surface area contributed by atoms with Crippen LogP contribution in [0.2, 0.25) is 0 Å². The van der Waals surface area contributed by atoms with E-state index in [1.807, 2.05) is 19.9 Å². The zero-order valence-corrected chi connectivity index (χ0v) is 9.27. The van der Waals surface area contributed by atoms with Crippen LogP contribution in [-0.2, 0) is 0 Å². The molecule has 0 fully saturated rings. The molecule has 0 bridgehead atoms. The average Bonchev–Trinajstić information content (AvgIpc) is 2.29. The number of nitrogens with zero attached hydrogens (tertiary/aromatic N) is 2. The minimum Gasteiger partial charge on any atom is -0.289 e. The number of pyridine rings is 2. The topological polar surface area (TPSA) is 42.9 Å². The highest BCUT2D eigenvalue weighted by Gasteiger charge is 2.11. The summed E-state index contributed by atoms with van der Waals surface area (Å²) < 4.78 is 0. The number of hydrogen-bond donors (Lipinski definition) is 0. The maximum absolute atomic E-state index is 12.2. The Morgan fingerprint density at radius 2 is 1.94 bits per heavy atom. The second-order valence-electron chi connectivity index (χ2n) is 3.77. The molecule has 0 aliphatic rings. The number of ketones is 1. The first-order valence-electron chi connectivity index (χ1n) is 5.05. The molecule has 2 rings (SSSR count). The molecule has 16 heavy (non-hydrogen) atoms. The molecule has 2 aromatic heterocycles. The van der Waals surface area contributed by atoms with Crippen LogP contribution in [0, 0.1) is 13.8 Å². The van der Waals surface area contributed by atoms with Gasteiger partial charge in [0.15, 0.2) is 5.78 Å². The first-order chi connectivity index (χ1) is 7.68. The second kappa shape index (κ2) is 4.23. The fraction of sp³-hybridized carbons (Fsp3) is 0.154. The van der Waals surface area contributed by atoms with Crippen LogP contribution in [0.15, 0.2) is 36.9 Å². The van der Waals surface area contributed by atoms with Crippen molar-refractivity contribution in [3.63, 3.8) is 0 Å². The Hall–Kier alpha value is -2.03. The van der Waals surface area contributed by atoms with E-state index in [4.69, 9.17) is 0 Å². The molecule has 3 nitrogen and oxygen atoms in total. The number of aryl methyl sites for hydroxylation is 2. The molecule has 0 unspecified atom stereocenters. The Morgan fingerprint density at radius 1 is 1.12 bits per heavy atom. The van der Waals surface area contributed by atoms with E-state index >= 15 is 0 Å². The van der Waals surface area contributed by atoms with Crippen molar-refractivity contribution in [3.8, 4) is 0 Å². The lowest BCUT2D eigenvalue weighted by molar-refractivity contribution is 0.103. The number of hydrogen-bond acceptors (Lipinski definition) is 3. The van der Waals surface area contributed by atoms with Crippen LogP contribution in [0.3, 0.4) is 0 Å². The second-order valence-corrected chi connectivity index (χ2v) is 3.77. The Balaban J connectivity index is 2.44. The Labute approximate surface area is 94.2 Å². The Morgan fingerprint density at radius 3 is 2.62 bits per heavy atom. The zero-order valence-electron chi connectivity index (χ0n) is 9.27. The molecule has 2 heterocycles. The fourth-order valence-electron chi connectivity index (χ4n) is 1.56. The van der Waals surface area contributed by atoms with Gasteiger partial charge in [-0.15, -0.1) is 0 Å². The van der Waals surface area contributed by atoms with Crippen molar-refractivity contribution in [3.05, 3.63) is 59.2 Å². The monoisotopic (exact) mass is 212 g/mol. The van der Waals surface area contributed by atoms with Gasteiger partial charge in [-0.1, -0.05) is 0 Å². The number of carbonyl (C=O) groups excluding carboxylic acids is 1. The van der Waals surface area contributed by atoms with E-state index in [0.29, 0.717) is 11.1 Å². The molecule has 0 saturated carbocycles. The first kappa shape index (κ1) is 10.5. The molecule has 0 radical (unpaired) electrons. The third-order valence-corrected chi connectivity index (χ3v) is 2.40. The van der Waals surface area contributed by atoms with Gasteiger partial charge in [-0.05, 0) is 37.1 Å². The summed E-state index contributed by atoms with van der Waals surface area (Å²) in [5.74, 6) is -0.00361. The first-order valence-corrected chi connectivity index (χ1v) is 5.05. The lowest BCUT2D eigenvalue weighted by Crippen LogP contribution is -2.04. The van der Waals surface area contributed by atoms with Crippen LogP contribution in [0.4, 0.5) is 0 Å². The van der Waals surface area contributed by atoms with Gasteiger partial charge in [0.2, 0.25) is 0 Å². The zero-order chi connectivity index (χ0) is 11.5. The summed E-state index contributed by atoms with van der Waals surface area (Å²) in [5.41, 5.74) is 3.17. The van der Waals surface area contributed by atoms with Crippen molar-refractivity contribution in [2.45, 2.75) is 13.8 Å². The summed E-state index contributed by atoms with van der Waals surface area (Å²) in [6, 6.07) is 3.58. The third-order valence-electron chi connectivity index (χ3n) is 2.40. The lowest BCUT2D eigenvalue weighted by atomic mass is 10.0. The Kier molecular flexibility index (Phi) is 2.77. The number of aromatic nitrogens is 2. The standard InChI is InChI=1S/C13H12N2O/c1-9-5-11(8-15-6-9)13(16)12-3-4-14-7-10(12)2/h3-8H,1-2H3. The molecular weight excluding hydrogens is 200 g/mol. The van der Waals surface area contributed by atoms with Gasteiger partial charge in [-0.25, -0.2) is 0 Å². The van der Waals surface area contributed by atoms with E-state index < -0.39 is 0 Å². The van der Waals surface area contributed by atoms with Crippen LogP contribution >= 0.6 is 0 Å². The molecule has 80 valence electrons. The van der Waals surface area contributed by atoms with Gasteiger partial charge in [0, 0.05) is 35.9 Å². The molecule has 0 atom stereocenters. The van der Waals surface area contributed by atoms with Crippen LogP contribution in [0.1, 0.15) is 27.0 Å². The molecule has 0 saturated heterocycles. The van der Waals surface area contributed by atoms with Gasteiger partial charge < -0.3 is 0 Å². The van der Waals surface area contributed by atoms with Crippen molar-refractivity contribution in [2.75, 3.05) is 0 Å². The van der Waals surface area contributed by atoms with Gasteiger partial charge >= 0.3 is 0 Å². The van der Waals surface area contributed by atoms with Crippen LogP contribution in [0.5, 0.6) is 0 Å². The van der Waals surface area contributed by atoms with Crippen molar-refractivity contribution in [1.82, 2.24) is 9.97 Å². The van der Waals surface area contributed by atoms with E-state index in [1.54, 1.807) is 30.9 Å². The van der Waals surface area contributed by atoms with Crippen molar-refractivity contribution in [2.24, 2.45) is 0 Å². The molecular formula is C13H12N2O. The summed E-state index contributed by atoms with van der Waals surface area (Å²) in [6.07, 6.45) is 6.64. The minimum absolute atomic E-state index is 0.00361. The van der Waals surface area contributed by atoms with Gasteiger partial charge in [0.1, 0.15) is 0 Å². The quantitative estimate of drug-likeness (QED) is 0.717. The minimum atomic E-state index is -0.00361. The third kappa shape index (κ3) is 1.98. The predicted octanol–water partition coefficient (Wildman–Crippen LogP) is 2.32. The normalized spacial score (nSPS) is 10.1. The summed E-state index contributed by atoms with van der Waals surface area (Å²) in [5, 5.41) is 0. The summed E-state index contributed by atoms with van der Waals surface area (Å²) in [6.45, 7) is 3.80. The van der Waals surface area contributed by atoms with Gasteiger partial charge in [-0.2, -0.15) is 0 Å². The summed E-state index contributed by atoms with van der Waals surface area (Å²) in [4.78, 5) is 20.1. The lowest BCUT2D eigenvalue weighted by Gasteiger charge is -2.04. The van der Waals surface area contributed by atoms with Gasteiger partial charge in [0.25, 0.3) is 0 Å². The van der Waals surface area contributed by atoms with Crippen molar-refractivity contribution < 1.29 is 4.79 Å². The Bertz CT molecular complexity index is 535. The molecule has 0 N–H and O–H groups in total. The molecule has 0 aliphatic carbocycles. The highest BCUT2D eigenvalue weighted by Crippen LogP contribution is 2.12. The van der Waals surface area contributed by atoms with Crippen LogP contribution in [-0.4, -0.2) is 15.8 Å². The van der Waals surface area contributed by atoms with Gasteiger partial charge in [-0.3, -0.25) is 14.8 Å². The maximum Gasteiger partial charge on any atom is 0.194 e. The summed E-state index contributed by atoms with van der Waals surface area (Å²) >= 11 is 0. The SMILES string of the molecule is Cc1cncc(C(=O)c2ccncc2C)c1. The van der Waals surface area contributed by atoms with E-state index in [2.05, 4.69) is 9.97 Å². The average molecular weight is 212 g/mol. The van der Waals surface area contributed by atoms with Crippen LogP contribution in [0.25, 0.3) is 0 Å². The summed E-state index contributed by atoms with van der Waals surface area (Å²) in [7, 11) is 0. The maximum atomic E-state index is 12.2. The fourth-order valence-corrected chi connectivity index (χ4v) is 1.56. The molecule has 0 aromatic carbocycles. The largest absolute Gasteiger partial charge is 0.289 e. The number of carbonyl (C=O) groups is 1. The van der Waals surface area contributed by atoms with Crippen molar-refractivity contribution >= 4 is 5.78 Å². The van der Waals surface area contributed by atoms with E-state index in [1.165, 1.54) is 0 Å². The predicted molar refractivity (Wildman–Crippen MR) is 61.4 cm³/mol. The highest BCUT2D eigenvalue weighted by atomic mass is 16.1. The van der Waals surface area contributed by atoms with E-state index in [-0.39, 0.29) is 5.78 Å². The molecule has 0 aliphatic heterocycles. The molecule has 2 aromatic rings. The number of rotatable bonds is 2. The molecule has 3 heteroatoms. The molecule has 0 amide bonds. The highest BCUT2D eigenvalue weighted by molar-refractivity contribution is 6.09. The van der Waals surface area contributed by atoms with Crippen LogP contribution < -0.4 is 0 Å². The molecule has 0 spiro atoms. The van der Waals surface area contributed by atoms with Crippen molar-refractivity contribution in [1.29, 1.82) is 0 Å². The van der Waals surface area contributed by atoms with Gasteiger partial charge in [0.05, 0.1) is 0 Å². The smallest absolute Gasteiger partial charge is 0.194 e. The van der Waals surface area contributed by atoms with E-state index in [0.717, 1.165) is 11.1 Å². The van der Waals surface area contributed by atoms with E-state index in [9.17, 15) is 4.79 Å².